The van der Waals surface area contributed by atoms with Gasteiger partial charge in [-0.2, -0.15) is 0 Å². The van der Waals surface area contributed by atoms with E-state index in [1.165, 1.54) is 25.7 Å². The lowest BCUT2D eigenvalue weighted by molar-refractivity contribution is -0.145. The number of hydrogen-bond acceptors (Lipinski definition) is 13. The number of ether oxygens (including phenoxy) is 12. The van der Waals surface area contributed by atoms with Crippen LogP contribution in [0.5, 0.6) is 0 Å². The van der Waals surface area contributed by atoms with Gasteiger partial charge in [0.05, 0.1) is 145 Å². The average Bonchev–Trinajstić information content (AvgIpc) is 3.06. The maximum atomic E-state index is 11.7. The van der Waals surface area contributed by atoms with Gasteiger partial charge in [0, 0.05) is 6.42 Å². The average molecular weight is 685 g/mol. The smallest absolute Gasteiger partial charge is 0.305 e. The van der Waals surface area contributed by atoms with Gasteiger partial charge < -0.3 is 56.8 Å². The molecule has 0 heterocycles. The lowest BCUT2D eigenvalue weighted by Gasteiger charge is -2.09. The molecule has 0 fully saturated rings. The minimum atomic E-state index is -0.143. The fraction of sp³-hybridized carbons (Fsp3) is 0.971. The van der Waals surface area contributed by atoms with Gasteiger partial charge in [0.25, 0.3) is 0 Å². The molecule has 0 aromatic heterocycles. The SMILES string of the molecule is CCCCCCCCC(=O)OCCOCCOCCOCCOCCOCCOCCOCCOCCOCCOCCOC(C)C. The molecule has 0 rings (SSSR count). The molecule has 0 aliphatic carbocycles. The van der Waals surface area contributed by atoms with Gasteiger partial charge in [0.2, 0.25) is 0 Å². The third-order valence-electron chi connectivity index (χ3n) is 6.25. The van der Waals surface area contributed by atoms with Crippen LogP contribution in [0.3, 0.4) is 0 Å². The molecule has 13 nitrogen and oxygen atoms in total. The molecule has 0 spiro atoms. The van der Waals surface area contributed by atoms with Gasteiger partial charge in [-0.3, -0.25) is 4.79 Å². The van der Waals surface area contributed by atoms with Crippen molar-refractivity contribution in [2.75, 3.05) is 145 Å². The molecule has 0 saturated carbocycles. The highest BCUT2D eigenvalue weighted by Crippen LogP contribution is 2.07. The number of hydrogen-bond donors (Lipinski definition) is 0. The lowest BCUT2D eigenvalue weighted by Crippen LogP contribution is -2.16. The van der Waals surface area contributed by atoms with Gasteiger partial charge in [-0.15, -0.1) is 0 Å². The molecule has 0 radical (unpaired) electrons. The molecule has 47 heavy (non-hydrogen) atoms. The monoisotopic (exact) mass is 684 g/mol. The molecule has 0 saturated heterocycles. The normalized spacial score (nSPS) is 11.6. The second-order valence-electron chi connectivity index (χ2n) is 10.8. The van der Waals surface area contributed by atoms with Crippen molar-refractivity contribution in [2.45, 2.75) is 71.8 Å². The zero-order valence-corrected chi connectivity index (χ0v) is 29.9. The second kappa shape index (κ2) is 41.2. The number of esters is 1. The van der Waals surface area contributed by atoms with Crippen molar-refractivity contribution >= 4 is 5.97 Å². The first-order valence-electron chi connectivity index (χ1n) is 17.7. The maximum absolute atomic E-state index is 11.7. The molecule has 0 unspecified atom stereocenters. The van der Waals surface area contributed by atoms with Crippen LogP contribution in [0.15, 0.2) is 0 Å². The topological polar surface area (TPSA) is 128 Å². The highest BCUT2D eigenvalue weighted by Gasteiger charge is 2.03. The largest absolute Gasteiger partial charge is 0.463 e. The Morgan fingerprint density at radius 1 is 0.383 bits per heavy atom. The van der Waals surface area contributed by atoms with Crippen molar-refractivity contribution in [1.82, 2.24) is 0 Å². The molecular formula is C34H68O13. The van der Waals surface area contributed by atoms with Crippen LogP contribution < -0.4 is 0 Å². The summed E-state index contributed by atoms with van der Waals surface area (Å²) in [7, 11) is 0. The van der Waals surface area contributed by atoms with Gasteiger partial charge in [-0.1, -0.05) is 39.0 Å². The Kier molecular flexibility index (Phi) is 40.4. The summed E-state index contributed by atoms with van der Waals surface area (Å²) in [6.45, 7) is 17.2. The standard InChI is InChI=1S/C34H68O13/c1-4-5-6-7-8-9-10-34(35)47-32-30-45-28-26-43-24-22-41-20-18-39-16-14-37-12-11-36-13-15-38-17-19-40-21-23-42-25-27-44-29-31-46-33(2)3/h33H,4-32H2,1-3H3. The van der Waals surface area contributed by atoms with E-state index in [9.17, 15) is 4.79 Å². The van der Waals surface area contributed by atoms with Crippen LogP contribution in [-0.2, 0) is 61.6 Å². The Morgan fingerprint density at radius 2 is 0.660 bits per heavy atom. The first-order valence-corrected chi connectivity index (χ1v) is 17.7. The Hall–Kier alpha value is -0.970. The van der Waals surface area contributed by atoms with Crippen molar-refractivity contribution in [2.24, 2.45) is 0 Å². The van der Waals surface area contributed by atoms with Crippen molar-refractivity contribution in [3.05, 3.63) is 0 Å². The molecule has 0 aromatic rings. The zero-order valence-electron chi connectivity index (χ0n) is 29.9. The van der Waals surface area contributed by atoms with Gasteiger partial charge in [-0.25, -0.2) is 0 Å². The molecule has 0 atom stereocenters. The molecule has 13 heteroatoms. The summed E-state index contributed by atoms with van der Waals surface area (Å²) >= 11 is 0. The summed E-state index contributed by atoms with van der Waals surface area (Å²) < 4.78 is 65.1. The lowest BCUT2D eigenvalue weighted by atomic mass is 10.1. The first-order chi connectivity index (χ1) is 23.2. The minimum Gasteiger partial charge on any atom is -0.463 e. The van der Waals surface area contributed by atoms with Crippen molar-refractivity contribution < 1.29 is 61.6 Å². The first kappa shape index (κ1) is 46.0. The summed E-state index contributed by atoms with van der Waals surface area (Å²) in [5, 5.41) is 0. The van der Waals surface area contributed by atoms with Crippen LogP contribution in [0.2, 0.25) is 0 Å². The third-order valence-corrected chi connectivity index (χ3v) is 6.25. The molecule has 0 amide bonds. The summed E-state index contributed by atoms with van der Waals surface area (Å²) in [6, 6.07) is 0. The van der Waals surface area contributed by atoms with Gasteiger partial charge >= 0.3 is 5.97 Å². The number of carbonyl (C=O) groups is 1. The predicted molar refractivity (Wildman–Crippen MR) is 178 cm³/mol. The van der Waals surface area contributed by atoms with Crippen molar-refractivity contribution in [3.63, 3.8) is 0 Å². The molecule has 0 aliphatic rings. The Labute approximate surface area is 284 Å². The molecule has 0 aliphatic heterocycles. The summed E-state index contributed by atoms with van der Waals surface area (Å²) in [5.74, 6) is -0.143. The second-order valence-corrected chi connectivity index (χ2v) is 10.8. The van der Waals surface area contributed by atoms with Crippen LogP contribution in [-0.4, -0.2) is 157 Å². The molecule has 0 N–H and O–H groups in total. The molecular weight excluding hydrogens is 616 g/mol. The highest BCUT2D eigenvalue weighted by molar-refractivity contribution is 5.69. The van der Waals surface area contributed by atoms with E-state index in [1.807, 2.05) is 13.8 Å². The fourth-order valence-electron chi connectivity index (χ4n) is 3.76. The van der Waals surface area contributed by atoms with E-state index in [0.717, 1.165) is 12.8 Å². The van der Waals surface area contributed by atoms with Crippen LogP contribution in [0, 0.1) is 0 Å². The van der Waals surface area contributed by atoms with Gasteiger partial charge in [0.15, 0.2) is 0 Å². The zero-order chi connectivity index (χ0) is 34.1. The third kappa shape index (κ3) is 43.0. The summed E-state index contributed by atoms with van der Waals surface area (Å²) in [5.41, 5.74) is 0. The number of rotatable bonds is 41. The van der Waals surface area contributed by atoms with Crippen LogP contribution in [0.1, 0.15) is 65.7 Å². The molecule has 0 aromatic carbocycles. The Balaban J connectivity index is 3.09. The number of unbranched alkanes of at least 4 members (excludes halogenated alkanes) is 5. The van der Waals surface area contributed by atoms with Crippen molar-refractivity contribution in [3.8, 4) is 0 Å². The maximum Gasteiger partial charge on any atom is 0.305 e. The Morgan fingerprint density at radius 3 is 0.979 bits per heavy atom. The molecule has 282 valence electrons. The molecule has 0 bridgehead atoms. The number of carbonyl (C=O) groups excluding carboxylic acids is 1. The van der Waals surface area contributed by atoms with E-state index < -0.39 is 0 Å². The van der Waals surface area contributed by atoms with E-state index in [1.54, 1.807) is 0 Å². The van der Waals surface area contributed by atoms with E-state index in [4.69, 9.17) is 56.8 Å². The van der Waals surface area contributed by atoms with Crippen LogP contribution >= 0.6 is 0 Å². The Bertz CT molecular complexity index is 598. The van der Waals surface area contributed by atoms with E-state index in [2.05, 4.69) is 6.92 Å². The van der Waals surface area contributed by atoms with Crippen LogP contribution in [0.25, 0.3) is 0 Å². The quantitative estimate of drug-likeness (QED) is 0.0684. The fourth-order valence-corrected chi connectivity index (χ4v) is 3.76. The van der Waals surface area contributed by atoms with E-state index in [-0.39, 0.29) is 18.7 Å². The van der Waals surface area contributed by atoms with E-state index in [0.29, 0.717) is 145 Å². The van der Waals surface area contributed by atoms with Crippen LogP contribution in [0.4, 0.5) is 0 Å². The van der Waals surface area contributed by atoms with E-state index >= 15 is 0 Å². The highest BCUT2D eigenvalue weighted by atomic mass is 16.6. The predicted octanol–water partition coefficient (Wildman–Crippen LogP) is 3.87. The minimum absolute atomic E-state index is 0.143. The van der Waals surface area contributed by atoms with Crippen molar-refractivity contribution in [1.29, 1.82) is 0 Å². The summed E-state index contributed by atoms with van der Waals surface area (Å²) in [6.07, 6.45) is 7.66. The van der Waals surface area contributed by atoms with Gasteiger partial charge in [-0.05, 0) is 20.3 Å². The summed E-state index contributed by atoms with van der Waals surface area (Å²) in [4.78, 5) is 11.7. The van der Waals surface area contributed by atoms with Gasteiger partial charge in [0.1, 0.15) is 6.61 Å².